The minimum Gasteiger partial charge on any atom is -0.371 e. The number of amides is 2. The normalized spacial score (nSPS) is 20.5. The lowest BCUT2D eigenvalue weighted by Gasteiger charge is -2.22. The molecule has 0 aromatic heterocycles. The number of rotatable bonds is 4. The fourth-order valence-electron chi connectivity index (χ4n) is 3.04. The van der Waals surface area contributed by atoms with Crippen molar-refractivity contribution in [1.82, 2.24) is 10.6 Å². The maximum absolute atomic E-state index is 12.4. The van der Waals surface area contributed by atoms with E-state index in [1.165, 1.54) is 0 Å². The van der Waals surface area contributed by atoms with E-state index in [4.69, 9.17) is 10.00 Å². The topological polar surface area (TPSA) is 74.2 Å². The minimum atomic E-state index is -0.215. The average Bonchev–Trinajstić information content (AvgIpc) is 3.10. The van der Waals surface area contributed by atoms with E-state index in [-0.39, 0.29) is 24.2 Å². The van der Waals surface area contributed by atoms with E-state index in [2.05, 4.69) is 16.7 Å². The highest BCUT2D eigenvalue weighted by atomic mass is 16.5. The number of benzene rings is 2. The molecule has 0 spiro atoms. The summed E-state index contributed by atoms with van der Waals surface area (Å²) in [4.78, 5) is 12.4. The van der Waals surface area contributed by atoms with Gasteiger partial charge in [-0.25, -0.2) is 4.79 Å². The molecule has 0 unspecified atom stereocenters. The van der Waals surface area contributed by atoms with Crippen LogP contribution >= 0.6 is 0 Å². The van der Waals surface area contributed by atoms with Gasteiger partial charge in [-0.05, 0) is 36.6 Å². The summed E-state index contributed by atoms with van der Waals surface area (Å²) < 4.78 is 5.79. The van der Waals surface area contributed by atoms with Gasteiger partial charge < -0.3 is 15.4 Å². The summed E-state index contributed by atoms with van der Waals surface area (Å²) in [6, 6.07) is 18.8. The lowest BCUT2D eigenvalue weighted by molar-refractivity contribution is 0.0998. The van der Waals surface area contributed by atoms with Crippen molar-refractivity contribution < 1.29 is 9.53 Å². The molecular formula is C20H21N3O2. The zero-order chi connectivity index (χ0) is 17.6. The Morgan fingerprint density at radius 1 is 1.20 bits per heavy atom. The fraction of sp³-hybridized carbons (Fsp3) is 0.300. The van der Waals surface area contributed by atoms with Gasteiger partial charge in [0.25, 0.3) is 0 Å². The fourth-order valence-corrected chi connectivity index (χ4v) is 3.04. The molecule has 0 radical (unpaired) electrons. The predicted molar refractivity (Wildman–Crippen MR) is 94.8 cm³/mol. The number of ether oxygens (including phenoxy) is 1. The monoisotopic (exact) mass is 335 g/mol. The summed E-state index contributed by atoms with van der Waals surface area (Å²) in [6.45, 7) is 2.55. The van der Waals surface area contributed by atoms with Gasteiger partial charge in [0.05, 0.1) is 23.7 Å². The molecule has 2 amide bonds. The van der Waals surface area contributed by atoms with Gasteiger partial charge in [0.2, 0.25) is 0 Å². The molecule has 1 aliphatic heterocycles. The lowest BCUT2D eigenvalue weighted by atomic mass is 10.0. The van der Waals surface area contributed by atoms with Crippen molar-refractivity contribution in [1.29, 1.82) is 5.26 Å². The van der Waals surface area contributed by atoms with Crippen molar-refractivity contribution in [2.75, 3.05) is 6.61 Å². The summed E-state index contributed by atoms with van der Waals surface area (Å²) in [6.07, 6.45) is 0.676. The molecule has 1 heterocycles. The van der Waals surface area contributed by atoms with Gasteiger partial charge in [0, 0.05) is 6.61 Å². The Balaban J connectivity index is 1.59. The first kappa shape index (κ1) is 17.0. The molecule has 2 aromatic rings. The molecule has 0 bridgehead atoms. The van der Waals surface area contributed by atoms with Gasteiger partial charge in [-0.3, -0.25) is 0 Å². The van der Waals surface area contributed by atoms with E-state index in [0.717, 1.165) is 17.5 Å². The zero-order valence-electron chi connectivity index (χ0n) is 14.1. The van der Waals surface area contributed by atoms with Crippen LogP contribution in [0.15, 0.2) is 54.6 Å². The summed E-state index contributed by atoms with van der Waals surface area (Å²) in [5.41, 5.74) is 2.64. The molecule has 25 heavy (non-hydrogen) atoms. The molecule has 1 aliphatic rings. The van der Waals surface area contributed by atoms with Gasteiger partial charge >= 0.3 is 6.03 Å². The number of hydrogen-bond donors (Lipinski definition) is 2. The Morgan fingerprint density at radius 3 is 2.60 bits per heavy atom. The van der Waals surface area contributed by atoms with Gasteiger partial charge in [0.1, 0.15) is 6.10 Å². The van der Waals surface area contributed by atoms with E-state index in [1.54, 1.807) is 12.1 Å². The second-order valence-corrected chi connectivity index (χ2v) is 6.17. The second-order valence-electron chi connectivity index (χ2n) is 6.17. The van der Waals surface area contributed by atoms with Crippen LogP contribution in [-0.4, -0.2) is 18.7 Å². The lowest BCUT2D eigenvalue weighted by Crippen LogP contribution is -2.44. The first-order chi connectivity index (χ1) is 12.2. The summed E-state index contributed by atoms with van der Waals surface area (Å²) in [5.74, 6) is 0. The number of nitrogens with one attached hydrogen (secondary N) is 2. The summed E-state index contributed by atoms with van der Waals surface area (Å²) >= 11 is 0. The Labute approximate surface area is 147 Å². The quantitative estimate of drug-likeness (QED) is 0.899. The van der Waals surface area contributed by atoms with Crippen molar-refractivity contribution in [3.63, 3.8) is 0 Å². The number of nitriles is 1. The zero-order valence-corrected chi connectivity index (χ0v) is 14.1. The number of nitrogens with zero attached hydrogens (tertiary/aromatic N) is 1. The van der Waals surface area contributed by atoms with Crippen molar-refractivity contribution in [3.05, 3.63) is 71.3 Å². The largest absolute Gasteiger partial charge is 0.371 e. The summed E-state index contributed by atoms with van der Waals surface area (Å²) in [5, 5.41) is 14.8. The van der Waals surface area contributed by atoms with E-state index in [1.807, 2.05) is 49.4 Å². The number of carbonyl (C=O) groups excluding carboxylic acids is 1. The summed E-state index contributed by atoms with van der Waals surface area (Å²) in [7, 11) is 0. The SMILES string of the molecule is C[C@H](NC(=O)N[C@H]1CCO[C@H]1c1ccccc1)c1ccc(C#N)cc1. The average molecular weight is 335 g/mol. The molecule has 3 rings (SSSR count). The maximum Gasteiger partial charge on any atom is 0.315 e. The van der Waals surface area contributed by atoms with Crippen LogP contribution < -0.4 is 10.6 Å². The number of urea groups is 1. The highest BCUT2D eigenvalue weighted by Gasteiger charge is 2.31. The van der Waals surface area contributed by atoms with Crippen LogP contribution in [0.4, 0.5) is 4.79 Å². The van der Waals surface area contributed by atoms with E-state index < -0.39 is 0 Å². The molecule has 5 nitrogen and oxygen atoms in total. The Hall–Kier alpha value is -2.84. The van der Waals surface area contributed by atoms with Crippen LogP contribution in [0.1, 0.15) is 42.2 Å². The van der Waals surface area contributed by atoms with E-state index in [0.29, 0.717) is 12.2 Å². The van der Waals surface area contributed by atoms with Crippen molar-refractivity contribution in [3.8, 4) is 6.07 Å². The second kappa shape index (κ2) is 7.82. The van der Waals surface area contributed by atoms with Crippen LogP contribution in [-0.2, 0) is 4.74 Å². The number of hydrogen-bond acceptors (Lipinski definition) is 3. The Kier molecular flexibility index (Phi) is 5.32. The highest BCUT2D eigenvalue weighted by molar-refractivity contribution is 5.75. The molecule has 0 aliphatic carbocycles. The number of carbonyl (C=O) groups is 1. The molecule has 1 saturated heterocycles. The van der Waals surface area contributed by atoms with Crippen LogP contribution in [0, 0.1) is 11.3 Å². The molecule has 0 saturated carbocycles. The molecule has 128 valence electrons. The maximum atomic E-state index is 12.4. The molecule has 5 heteroatoms. The van der Waals surface area contributed by atoms with Gasteiger partial charge in [-0.2, -0.15) is 5.26 Å². The van der Waals surface area contributed by atoms with Crippen LogP contribution in [0.3, 0.4) is 0 Å². The third-order valence-electron chi connectivity index (χ3n) is 4.42. The minimum absolute atomic E-state index is 0.0458. The standard InChI is InChI=1S/C20H21N3O2/c1-14(16-9-7-15(13-21)8-10-16)22-20(24)23-18-11-12-25-19(18)17-5-3-2-4-6-17/h2-10,14,18-19H,11-12H2,1H3,(H2,22,23,24)/t14-,18-,19-/m0/s1. The first-order valence-electron chi connectivity index (χ1n) is 8.41. The van der Waals surface area contributed by atoms with Gasteiger partial charge in [-0.15, -0.1) is 0 Å². The van der Waals surface area contributed by atoms with Crippen LogP contribution in [0.2, 0.25) is 0 Å². The Bertz CT molecular complexity index is 753. The van der Waals surface area contributed by atoms with Crippen molar-refractivity contribution >= 4 is 6.03 Å². The smallest absolute Gasteiger partial charge is 0.315 e. The van der Waals surface area contributed by atoms with E-state index in [9.17, 15) is 4.79 Å². The molecular weight excluding hydrogens is 314 g/mol. The highest BCUT2D eigenvalue weighted by Crippen LogP contribution is 2.28. The predicted octanol–water partition coefficient (Wildman–Crippen LogP) is 3.45. The molecule has 3 atom stereocenters. The van der Waals surface area contributed by atoms with Gasteiger partial charge in [0.15, 0.2) is 0 Å². The van der Waals surface area contributed by atoms with Crippen LogP contribution in [0.5, 0.6) is 0 Å². The van der Waals surface area contributed by atoms with Gasteiger partial charge in [-0.1, -0.05) is 42.5 Å². The third-order valence-corrected chi connectivity index (χ3v) is 4.42. The van der Waals surface area contributed by atoms with Crippen molar-refractivity contribution in [2.45, 2.75) is 31.5 Å². The van der Waals surface area contributed by atoms with Crippen LogP contribution in [0.25, 0.3) is 0 Å². The molecule has 1 fully saturated rings. The van der Waals surface area contributed by atoms with Crippen molar-refractivity contribution in [2.24, 2.45) is 0 Å². The van der Waals surface area contributed by atoms with E-state index >= 15 is 0 Å². The molecule has 2 N–H and O–H groups in total. The molecule has 2 aromatic carbocycles. The Morgan fingerprint density at radius 2 is 1.92 bits per heavy atom. The third kappa shape index (κ3) is 4.17. The first-order valence-corrected chi connectivity index (χ1v) is 8.41.